The number of rotatable bonds is 13. The van der Waals surface area contributed by atoms with E-state index in [-0.39, 0.29) is 12.4 Å². The third-order valence-corrected chi connectivity index (χ3v) is 4.57. The molecular formula is C21H38ClN. The van der Waals surface area contributed by atoms with Crippen LogP contribution in [0.2, 0.25) is 0 Å². The topological polar surface area (TPSA) is 0 Å². The van der Waals surface area contributed by atoms with Crippen LogP contribution < -0.4 is 12.4 Å². The fourth-order valence-corrected chi connectivity index (χ4v) is 3.18. The zero-order valence-corrected chi connectivity index (χ0v) is 16.5. The van der Waals surface area contributed by atoms with E-state index in [9.17, 15) is 0 Å². The molecule has 0 aromatic heterocycles. The van der Waals surface area contributed by atoms with Crippen LogP contribution in [-0.4, -0.2) is 25.1 Å². The Kier molecular flexibility index (Phi) is 13.5. The molecule has 0 amide bonds. The summed E-state index contributed by atoms with van der Waals surface area (Å²) in [6.45, 7) is 4.74. The molecular weight excluding hydrogens is 302 g/mol. The molecule has 0 fully saturated rings. The van der Waals surface area contributed by atoms with E-state index < -0.39 is 0 Å². The van der Waals surface area contributed by atoms with Crippen LogP contribution in [0.5, 0.6) is 0 Å². The minimum Gasteiger partial charge on any atom is -1.00 e. The van der Waals surface area contributed by atoms with Gasteiger partial charge in [-0.15, -0.1) is 0 Å². The number of unbranched alkanes of at least 4 members (excludes halogenated alkanes) is 9. The average molecular weight is 340 g/mol. The van der Waals surface area contributed by atoms with Crippen molar-refractivity contribution < 1.29 is 16.9 Å². The van der Waals surface area contributed by atoms with Gasteiger partial charge in [0.25, 0.3) is 0 Å². The third kappa shape index (κ3) is 12.5. The van der Waals surface area contributed by atoms with Gasteiger partial charge in [-0.05, 0) is 12.8 Å². The Morgan fingerprint density at radius 2 is 1.17 bits per heavy atom. The number of hydrogen-bond donors (Lipinski definition) is 0. The lowest BCUT2D eigenvalue weighted by atomic mass is 10.1. The average Bonchev–Trinajstić information content (AvgIpc) is 2.49. The quantitative estimate of drug-likeness (QED) is 0.382. The zero-order valence-electron chi connectivity index (χ0n) is 15.7. The first-order valence-corrected chi connectivity index (χ1v) is 9.50. The lowest BCUT2D eigenvalue weighted by molar-refractivity contribution is -0.903. The van der Waals surface area contributed by atoms with Gasteiger partial charge in [0.15, 0.2) is 0 Å². The van der Waals surface area contributed by atoms with Gasteiger partial charge in [0.2, 0.25) is 0 Å². The van der Waals surface area contributed by atoms with Crippen molar-refractivity contribution in [2.24, 2.45) is 0 Å². The number of quaternary nitrogens is 1. The minimum atomic E-state index is 0. The first-order chi connectivity index (χ1) is 10.6. The zero-order chi connectivity index (χ0) is 16.1. The van der Waals surface area contributed by atoms with Gasteiger partial charge in [-0.1, -0.05) is 88.6 Å². The fraction of sp³-hybridized carbons (Fsp3) is 0.714. The summed E-state index contributed by atoms with van der Waals surface area (Å²) in [7, 11) is 4.72. The van der Waals surface area contributed by atoms with E-state index >= 15 is 0 Å². The van der Waals surface area contributed by atoms with Crippen molar-refractivity contribution in [3.63, 3.8) is 0 Å². The Balaban J connectivity index is 0.00000484. The van der Waals surface area contributed by atoms with Crippen LogP contribution in [0.1, 0.15) is 76.7 Å². The predicted octanol–water partition coefficient (Wildman–Crippen LogP) is 3.19. The van der Waals surface area contributed by atoms with Gasteiger partial charge in [0.05, 0.1) is 20.6 Å². The first kappa shape index (κ1) is 22.5. The largest absolute Gasteiger partial charge is 1.00 e. The van der Waals surface area contributed by atoms with E-state index in [2.05, 4.69) is 51.4 Å². The predicted molar refractivity (Wildman–Crippen MR) is 99.0 cm³/mol. The van der Waals surface area contributed by atoms with Gasteiger partial charge >= 0.3 is 0 Å². The Bertz CT molecular complexity index is 361. The second-order valence-corrected chi connectivity index (χ2v) is 7.49. The summed E-state index contributed by atoms with van der Waals surface area (Å²) >= 11 is 0. The first-order valence-electron chi connectivity index (χ1n) is 9.50. The fourth-order valence-electron chi connectivity index (χ4n) is 3.18. The van der Waals surface area contributed by atoms with Crippen LogP contribution in [-0.2, 0) is 6.54 Å². The standard InChI is InChI=1S/C21H38N.ClH/c1-4-5-6-7-8-9-10-11-12-16-19-22(2,3)20-21-17-14-13-15-18-21;/h13-15,17-18H,4-12,16,19-20H2,1-3H3;1H/q+1;/p-1. The highest BCUT2D eigenvalue weighted by atomic mass is 35.5. The van der Waals surface area contributed by atoms with Gasteiger partial charge in [0.1, 0.15) is 6.54 Å². The van der Waals surface area contributed by atoms with Crippen molar-refractivity contribution in [2.75, 3.05) is 20.6 Å². The van der Waals surface area contributed by atoms with Crippen molar-refractivity contribution >= 4 is 0 Å². The molecule has 0 unspecified atom stereocenters. The van der Waals surface area contributed by atoms with Gasteiger partial charge in [-0.2, -0.15) is 0 Å². The summed E-state index contributed by atoms with van der Waals surface area (Å²) in [6.07, 6.45) is 14.2. The molecule has 0 bridgehead atoms. The molecule has 23 heavy (non-hydrogen) atoms. The van der Waals surface area contributed by atoms with E-state index in [1.54, 1.807) is 0 Å². The Labute approximate surface area is 151 Å². The number of benzene rings is 1. The maximum Gasteiger partial charge on any atom is 0.104 e. The number of hydrogen-bond acceptors (Lipinski definition) is 0. The van der Waals surface area contributed by atoms with Crippen LogP contribution in [0, 0.1) is 0 Å². The van der Waals surface area contributed by atoms with Gasteiger partial charge < -0.3 is 16.9 Å². The normalized spacial score (nSPS) is 11.3. The van der Waals surface area contributed by atoms with E-state index in [0.717, 1.165) is 11.0 Å². The molecule has 1 rings (SSSR count). The summed E-state index contributed by atoms with van der Waals surface area (Å²) < 4.78 is 1.11. The van der Waals surface area contributed by atoms with Crippen molar-refractivity contribution in [1.82, 2.24) is 0 Å². The second-order valence-electron chi connectivity index (χ2n) is 7.49. The highest BCUT2D eigenvalue weighted by Gasteiger charge is 2.14. The molecule has 0 saturated heterocycles. The monoisotopic (exact) mass is 339 g/mol. The lowest BCUT2D eigenvalue weighted by Crippen LogP contribution is -3.00. The molecule has 1 aromatic rings. The van der Waals surface area contributed by atoms with Gasteiger partial charge in [-0.25, -0.2) is 0 Å². The highest BCUT2D eigenvalue weighted by Crippen LogP contribution is 2.13. The smallest absolute Gasteiger partial charge is 0.104 e. The maximum absolute atomic E-state index is 2.36. The SMILES string of the molecule is CCCCCCCCCCCC[N+](C)(C)Cc1ccccc1.[Cl-]. The molecule has 0 saturated carbocycles. The minimum absolute atomic E-state index is 0. The molecule has 134 valence electrons. The van der Waals surface area contributed by atoms with Crippen LogP contribution in [0.3, 0.4) is 0 Å². The van der Waals surface area contributed by atoms with Crippen molar-refractivity contribution in [3.8, 4) is 0 Å². The molecule has 0 atom stereocenters. The molecule has 0 N–H and O–H groups in total. The van der Waals surface area contributed by atoms with Crippen LogP contribution in [0.25, 0.3) is 0 Å². The Hall–Kier alpha value is -0.530. The summed E-state index contributed by atoms with van der Waals surface area (Å²) in [6, 6.07) is 10.9. The maximum atomic E-state index is 2.36. The molecule has 2 heteroatoms. The highest BCUT2D eigenvalue weighted by molar-refractivity contribution is 5.13. The number of nitrogens with zero attached hydrogens (tertiary/aromatic N) is 1. The molecule has 0 aliphatic rings. The molecule has 0 aliphatic heterocycles. The molecule has 0 heterocycles. The van der Waals surface area contributed by atoms with Crippen LogP contribution in [0.15, 0.2) is 30.3 Å². The molecule has 0 aliphatic carbocycles. The van der Waals surface area contributed by atoms with Crippen molar-refractivity contribution in [2.45, 2.75) is 77.7 Å². The second kappa shape index (κ2) is 13.9. The van der Waals surface area contributed by atoms with E-state index in [0.29, 0.717) is 0 Å². The number of halogens is 1. The lowest BCUT2D eigenvalue weighted by Gasteiger charge is -2.30. The van der Waals surface area contributed by atoms with Crippen molar-refractivity contribution in [1.29, 1.82) is 0 Å². The Morgan fingerprint density at radius 3 is 1.70 bits per heavy atom. The summed E-state index contributed by atoms with van der Waals surface area (Å²) in [5, 5.41) is 0. The van der Waals surface area contributed by atoms with Crippen LogP contribution in [0.4, 0.5) is 0 Å². The molecule has 0 spiro atoms. The summed E-state index contributed by atoms with van der Waals surface area (Å²) in [5.41, 5.74) is 1.46. The van der Waals surface area contributed by atoms with E-state index in [4.69, 9.17) is 0 Å². The summed E-state index contributed by atoms with van der Waals surface area (Å²) in [4.78, 5) is 0. The molecule has 1 aromatic carbocycles. The molecule has 0 radical (unpaired) electrons. The Morgan fingerprint density at radius 1 is 0.696 bits per heavy atom. The van der Waals surface area contributed by atoms with Crippen LogP contribution >= 0.6 is 0 Å². The van der Waals surface area contributed by atoms with Crippen molar-refractivity contribution in [3.05, 3.63) is 35.9 Å². The van der Waals surface area contributed by atoms with Gasteiger partial charge in [0, 0.05) is 5.56 Å². The van der Waals surface area contributed by atoms with Gasteiger partial charge in [-0.3, -0.25) is 0 Å². The molecule has 1 nitrogen and oxygen atoms in total. The summed E-state index contributed by atoms with van der Waals surface area (Å²) in [5.74, 6) is 0. The van der Waals surface area contributed by atoms with E-state index in [1.807, 2.05) is 0 Å². The van der Waals surface area contributed by atoms with E-state index in [1.165, 1.54) is 76.3 Å². The third-order valence-electron chi connectivity index (χ3n) is 4.57.